The van der Waals surface area contributed by atoms with Gasteiger partial charge in [0.15, 0.2) is 5.72 Å². The summed E-state index contributed by atoms with van der Waals surface area (Å²) in [6, 6.07) is 10.0. The number of carbonyl (C=O) groups is 1. The number of ether oxygens (including phenoxy) is 1. The highest BCUT2D eigenvalue weighted by Crippen LogP contribution is 2.45. The first-order valence-corrected chi connectivity index (χ1v) is 8.95. The molecule has 0 unspecified atom stereocenters. The summed E-state index contributed by atoms with van der Waals surface area (Å²) < 4.78 is 11.8. The van der Waals surface area contributed by atoms with Gasteiger partial charge in [-0.05, 0) is 18.6 Å². The Kier molecular flexibility index (Phi) is 3.43. The second-order valence-corrected chi connectivity index (χ2v) is 7.04. The summed E-state index contributed by atoms with van der Waals surface area (Å²) in [6.07, 6.45) is 4.09. The largest absolute Gasteiger partial charge is 0.444 e. The molecule has 3 aliphatic heterocycles. The Hall–Kier alpha value is -2.18. The van der Waals surface area contributed by atoms with Crippen LogP contribution in [0.15, 0.2) is 41.0 Å². The fourth-order valence-corrected chi connectivity index (χ4v) is 4.52. The lowest BCUT2D eigenvalue weighted by Crippen LogP contribution is -2.56. The summed E-state index contributed by atoms with van der Waals surface area (Å²) in [5, 5.41) is 0. The number of benzene rings is 1. The average molecular weight is 339 g/mol. The first kappa shape index (κ1) is 15.1. The van der Waals surface area contributed by atoms with E-state index in [1.165, 1.54) is 0 Å². The zero-order valence-electron chi connectivity index (χ0n) is 14.1. The topological polar surface area (TPSA) is 58.8 Å². The highest BCUT2D eigenvalue weighted by Gasteiger charge is 2.60. The van der Waals surface area contributed by atoms with E-state index < -0.39 is 5.72 Å². The molecule has 0 radical (unpaired) electrons. The van der Waals surface area contributed by atoms with Crippen molar-refractivity contribution in [3.63, 3.8) is 0 Å². The number of carbonyl (C=O) groups excluding carboxylic acids is 1. The van der Waals surface area contributed by atoms with Gasteiger partial charge in [0.2, 0.25) is 11.8 Å². The number of hydrogen-bond donors (Lipinski definition) is 0. The highest BCUT2D eigenvalue weighted by atomic mass is 16.5. The first-order valence-electron chi connectivity index (χ1n) is 8.95. The molecule has 3 fully saturated rings. The monoisotopic (exact) mass is 339 g/mol. The van der Waals surface area contributed by atoms with E-state index in [0.29, 0.717) is 18.9 Å². The molecular formula is C19H21N3O3. The molecular weight excluding hydrogens is 318 g/mol. The molecule has 25 heavy (non-hydrogen) atoms. The van der Waals surface area contributed by atoms with Crippen LogP contribution < -0.4 is 0 Å². The Morgan fingerprint density at radius 2 is 2.12 bits per heavy atom. The minimum absolute atomic E-state index is 0.122. The lowest BCUT2D eigenvalue weighted by molar-refractivity contribution is -0.180. The fraction of sp³-hybridized carbons (Fsp3) is 0.474. The summed E-state index contributed by atoms with van der Waals surface area (Å²) in [4.78, 5) is 21.3. The second kappa shape index (κ2) is 5.68. The molecule has 3 aliphatic rings. The van der Waals surface area contributed by atoms with Crippen LogP contribution in [-0.2, 0) is 16.1 Å². The van der Waals surface area contributed by atoms with Crippen molar-refractivity contribution >= 4 is 5.91 Å². The van der Waals surface area contributed by atoms with Crippen LogP contribution in [0.3, 0.4) is 0 Å². The van der Waals surface area contributed by atoms with Gasteiger partial charge in [0.1, 0.15) is 6.26 Å². The third-order valence-electron chi connectivity index (χ3n) is 5.66. The van der Waals surface area contributed by atoms with Gasteiger partial charge in [0.05, 0.1) is 18.3 Å². The van der Waals surface area contributed by atoms with Crippen LogP contribution in [-0.4, -0.2) is 52.2 Å². The van der Waals surface area contributed by atoms with Crippen molar-refractivity contribution in [2.45, 2.75) is 37.6 Å². The van der Waals surface area contributed by atoms with Crippen LogP contribution in [0.4, 0.5) is 0 Å². The van der Waals surface area contributed by atoms with E-state index in [9.17, 15) is 4.79 Å². The third kappa shape index (κ3) is 2.32. The standard InChI is InChI=1S/C19H21N3O3/c23-17-11-16-19(22(17)8-4-10-25-19)7-9-21(16)12-15-13-24-18(20-15)14-5-2-1-3-6-14/h1-3,5-6,13,16H,4,7-12H2/t16-,19+/m1/s1. The predicted octanol–water partition coefficient (Wildman–Crippen LogP) is 2.26. The van der Waals surface area contributed by atoms with Gasteiger partial charge in [0, 0.05) is 38.0 Å². The van der Waals surface area contributed by atoms with Crippen molar-refractivity contribution in [2.24, 2.45) is 0 Å². The van der Waals surface area contributed by atoms with Crippen LogP contribution in [0, 0.1) is 0 Å². The Labute approximate surface area is 146 Å². The van der Waals surface area contributed by atoms with Crippen LogP contribution in [0.25, 0.3) is 11.5 Å². The van der Waals surface area contributed by atoms with Gasteiger partial charge < -0.3 is 14.1 Å². The van der Waals surface area contributed by atoms with Crippen molar-refractivity contribution in [3.8, 4) is 11.5 Å². The minimum Gasteiger partial charge on any atom is -0.444 e. The van der Waals surface area contributed by atoms with Crippen molar-refractivity contribution in [1.29, 1.82) is 0 Å². The number of nitrogens with zero attached hydrogens (tertiary/aromatic N) is 3. The molecule has 6 heteroatoms. The molecule has 0 aliphatic carbocycles. The number of likely N-dealkylation sites (tertiary alicyclic amines) is 1. The van der Waals surface area contributed by atoms with E-state index in [1.54, 1.807) is 6.26 Å². The molecule has 0 bridgehead atoms. The molecule has 0 saturated carbocycles. The number of oxazole rings is 1. The predicted molar refractivity (Wildman–Crippen MR) is 90.4 cm³/mol. The fourth-order valence-electron chi connectivity index (χ4n) is 4.52. The Bertz CT molecular complexity index is 790. The maximum Gasteiger partial charge on any atom is 0.226 e. The van der Waals surface area contributed by atoms with Gasteiger partial charge in [-0.2, -0.15) is 0 Å². The van der Waals surface area contributed by atoms with Gasteiger partial charge in [-0.3, -0.25) is 9.69 Å². The number of rotatable bonds is 3. The Morgan fingerprint density at radius 1 is 1.24 bits per heavy atom. The average Bonchev–Trinajstić information content (AvgIpc) is 3.31. The second-order valence-electron chi connectivity index (χ2n) is 7.04. The molecule has 5 rings (SSSR count). The molecule has 1 aromatic carbocycles. The van der Waals surface area contributed by atoms with Crippen molar-refractivity contribution < 1.29 is 13.9 Å². The van der Waals surface area contributed by atoms with E-state index in [-0.39, 0.29) is 11.9 Å². The Morgan fingerprint density at radius 3 is 3.00 bits per heavy atom. The normalized spacial score (nSPS) is 29.0. The lowest BCUT2D eigenvalue weighted by atomic mass is 10.0. The van der Waals surface area contributed by atoms with Crippen LogP contribution in [0.1, 0.15) is 25.0 Å². The van der Waals surface area contributed by atoms with Gasteiger partial charge in [-0.15, -0.1) is 0 Å². The van der Waals surface area contributed by atoms with E-state index in [0.717, 1.165) is 43.8 Å². The van der Waals surface area contributed by atoms with Gasteiger partial charge >= 0.3 is 0 Å². The molecule has 1 amide bonds. The van der Waals surface area contributed by atoms with E-state index in [1.807, 2.05) is 35.2 Å². The lowest BCUT2D eigenvalue weighted by Gasteiger charge is -2.42. The highest BCUT2D eigenvalue weighted by molar-refractivity contribution is 5.81. The van der Waals surface area contributed by atoms with Crippen LogP contribution >= 0.6 is 0 Å². The quantitative estimate of drug-likeness (QED) is 0.858. The summed E-state index contributed by atoms with van der Waals surface area (Å²) in [5.74, 6) is 0.863. The smallest absolute Gasteiger partial charge is 0.226 e. The Balaban J connectivity index is 1.36. The van der Waals surface area contributed by atoms with Crippen molar-refractivity contribution in [3.05, 3.63) is 42.3 Å². The van der Waals surface area contributed by atoms with Crippen LogP contribution in [0.2, 0.25) is 0 Å². The molecule has 130 valence electrons. The number of hydrogen-bond acceptors (Lipinski definition) is 5. The maximum absolute atomic E-state index is 12.4. The van der Waals surface area contributed by atoms with E-state index in [2.05, 4.69) is 9.88 Å². The molecule has 1 spiro atoms. The van der Waals surface area contributed by atoms with Crippen molar-refractivity contribution in [2.75, 3.05) is 19.7 Å². The SMILES string of the molecule is O=C1C[C@H]2N(Cc3coc(-c4ccccc4)n3)CC[C@]23OCCCN13. The molecule has 0 N–H and O–H groups in total. The third-order valence-corrected chi connectivity index (χ3v) is 5.66. The van der Waals surface area contributed by atoms with E-state index in [4.69, 9.17) is 9.15 Å². The summed E-state index contributed by atoms with van der Waals surface area (Å²) >= 11 is 0. The summed E-state index contributed by atoms with van der Waals surface area (Å²) in [5.41, 5.74) is 1.48. The zero-order valence-corrected chi connectivity index (χ0v) is 14.1. The minimum atomic E-state index is -0.401. The van der Waals surface area contributed by atoms with Gasteiger partial charge in [-0.1, -0.05) is 18.2 Å². The van der Waals surface area contributed by atoms with Gasteiger partial charge in [0.25, 0.3) is 0 Å². The molecule has 2 aromatic rings. The molecule has 3 saturated heterocycles. The van der Waals surface area contributed by atoms with Gasteiger partial charge in [-0.25, -0.2) is 4.98 Å². The maximum atomic E-state index is 12.4. The molecule has 6 nitrogen and oxygen atoms in total. The molecule has 2 atom stereocenters. The molecule has 4 heterocycles. The first-order chi connectivity index (χ1) is 12.3. The number of amides is 1. The van der Waals surface area contributed by atoms with E-state index >= 15 is 0 Å². The summed E-state index contributed by atoms with van der Waals surface area (Å²) in [6.45, 7) is 3.18. The van der Waals surface area contributed by atoms with Crippen molar-refractivity contribution in [1.82, 2.24) is 14.8 Å². The number of aromatic nitrogens is 1. The zero-order chi connectivity index (χ0) is 16.9. The summed E-state index contributed by atoms with van der Waals surface area (Å²) in [7, 11) is 0. The molecule has 1 aromatic heterocycles. The van der Waals surface area contributed by atoms with Crippen LogP contribution in [0.5, 0.6) is 0 Å².